The molecule has 83 heavy (non-hydrogen) atoms. The molecule has 5 aromatic carbocycles. The fraction of sp³-hybridized carbons (Fsp3) is 0.455. The lowest BCUT2D eigenvalue weighted by Crippen LogP contribution is -2.71. The second-order valence-corrected chi connectivity index (χ2v) is 25.2. The van der Waals surface area contributed by atoms with Crippen LogP contribution in [0, 0.1) is 0 Å². The van der Waals surface area contributed by atoms with Gasteiger partial charge in [0.05, 0.1) is 0 Å². The molecule has 5 aromatic rings. The Bertz CT molecular complexity index is 2920. The third kappa shape index (κ3) is 15.9. The van der Waals surface area contributed by atoms with Gasteiger partial charge in [-0.15, -0.1) is 30.7 Å². The smallest absolute Gasteiger partial charge is 0.351 e. The average molecular weight is 1200 g/mol. The van der Waals surface area contributed by atoms with Crippen LogP contribution in [-0.2, 0) is 72.1 Å². The Morgan fingerprint density at radius 1 is 0.458 bits per heavy atom. The van der Waals surface area contributed by atoms with Crippen LogP contribution in [0.15, 0.2) is 179 Å². The second-order valence-electron chi connectivity index (χ2n) is 19.6. The summed E-state index contributed by atoms with van der Waals surface area (Å²) in [7, 11) is -5.32. The molecule has 10 rings (SSSR count). The van der Waals surface area contributed by atoms with E-state index in [-0.39, 0.29) is 11.1 Å². The van der Waals surface area contributed by atoms with Crippen molar-refractivity contribution >= 4 is 17.6 Å². The zero-order chi connectivity index (χ0) is 60.2. The topological polar surface area (TPSA) is 223 Å². The lowest BCUT2D eigenvalue weighted by atomic mass is 10.0. The van der Waals surface area contributed by atoms with Gasteiger partial charge in [-0.05, 0) is 82.8 Å². The molecule has 5 aliphatic heterocycles. The lowest BCUT2D eigenvalue weighted by Gasteiger charge is -2.34. The molecule has 1 atom stereocenters. The Morgan fingerprint density at radius 3 is 1.12 bits per heavy atom. The molecule has 5 N–H and O–H groups in total. The van der Waals surface area contributed by atoms with E-state index in [1.54, 1.807) is 54.6 Å². The molecule has 0 aliphatic carbocycles. The molecule has 0 bridgehead atoms. The maximum absolute atomic E-state index is 13.5. The van der Waals surface area contributed by atoms with Crippen LogP contribution < -0.4 is 20.7 Å². The van der Waals surface area contributed by atoms with Crippen molar-refractivity contribution in [2.75, 3.05) is 33.0 Å². The van der Waals surface area contributed by atoms with Crippen LogP contribution in [0.4, 0.5) is 35.1 Å². The molecule has 0 amide bonds. The molecule has 1 unspecified atom stereocenters. The molecule has 0 saturated carbocycles. The van der Waals surface area contributed by atoms with Gasteiger partial charge >= 0.3 is 32.7 Å². The van der Waals surface area contributed by atoms with Gasteiger partial charge in [-0.2, -0.15) is 46.8 Å². The van der Waals surface area contributed by atoms with E-state index in [9.17, 15) is 35.1 Å². The molecule has 0 radical (unpaired) electrons. The van der Waals surface area contributed by atoms with Gasteiger partial charge in [0.2, 0.25) is 11.3 Å². The zero-order valence-electron chi connectivity index (χ0n) is 47.0. The van der Waals surface area contributed by atoms with E-state index in [4.69, 9.17) is 23.4 Å². The Balaban J connectivity index is 0.000000199. The molecule has 0 saturated heterocycles. The van der Waals surface area contributed by atoms with Crippen LogP contribution >= 0.6 is 0 Å². The first-order chi connectivity index (χ1) is 39.5. The van der Waals surface area contributed by atoms with Crippen LogP contribution in [0.5, 0.6) is 0 Å². The number of aryl methyl sites for hydroxylation is 1. The number of hydrogen-bond donors (Lipinski definition) is 4. The molecular formula is C55H68F8N14O4Si2. The van der Waals surface area contributed by atoms with Gasteiger partial charge < -0.3 is 38.4 Å². The molecule has 5 heterocycles. The fourth-order valence-electron chi connectivity index (χ4n) is 8.54. The van der Waals surface area contributed by atoms with E-state index in [2.05, 4.69) is 122 Å². The van der Waals surface area contributed by atoms with Crippen molar-refractivity contribution in [3.63, 3.8) is 0 Å². The van der Waals surface area contributed by atoms with Crippen molar-refractivity contribution in [2.24, 2.45) is 56.9 Å². The van der Waals surface area contributed by atoms with Crippen molar-refractivity contribution in [1.82, 2.24) is 14.9 Å². The first-order valence-corrected chi connectivity index (χ1v) is 30.9. The van der Waals surface area contributed by atoms with Crippen molar-refractivity contribution in [1.29, 1.82) is 0 Å². The van der Waals surface area contributed by atoms with E-state index in [1.165, 1.54) is 29.8 Å². The van der Waals surface area contributed by atoms with Crippen LogP contribution in [0.25, 0.3) is 0 Å². The minimum absolute atomic E-state index is 0.0327. The normalized spacial score (nSPS) is 17.9. The van der Waals surface area contributed by atoms with Crippen LogP contribution in [0.2, 0.25) is 6.04 Å². The number of nitrogens with two attached hydrogens (primary N) is 1. The van der Waals surface area contributed by atoms with E-state index >= 15 is 0 Å². The first kappa shape index (κ1) is 64.2. The first-order valence-electron chi connectivity index (χ1n) is 27.0. The maximum Gasteiger partial charge on any atom is 0.679 e. The minimum atomic E-state index is -4.54. The van der Waals surface area contributed by atoms with Crippen molar-refractivity contribution in [3.05, 3.63) is 177 Å². The third-order valence-corrected chi connectivity index (χ3v) is 19.8. The predicted octanol–water partition coefficient (Wildman–Crippen LogP) is 13.3. The number of hydrogen-bond acceptors (Lipinski definition) is 18. The molecule has 0 spiro atoms. The molecule has 0 fully saturated rings. The van der Waals surface area contributed by atoms with Crippen molar-refractivity contribution in [3.8, 4) is 0 Å². The lowest BCUT2D eigenvalue weighted by molar-refractivity contribution is -0.166. The van der Waals surface area contributed by atoms with Gasteiger partial charge in [-0.3, -0.25) is 0 Å². The van der Waals surface area contributed by atoms with E-state index < -0.39 is 64.7 Å². The average Bonchev–Trinajstić information content (AvgIpc) is 2.85. The largest absolute Gasteiger partial charge is 0.679 e. The Labute approximate surface area is 478 Å². The minimum Gasteiger partial charge on any atom is -0.351 e. The molecule has 0 aromatic heterocycles. The van der Waals surface area contributed by atoms with Gasteiger partial charge in [0, 0.05) is 73.9 Å². The molecule has 18 nitrogen and oxygen atoms in total. The molecular weight excluding hydrogens is 1130 g/mol. The summed E-state index contributed by atoms with van der Waals surface area (Å²) in [4.78, 5) is 11.4. The van der Waals surface area contributed by atoms with Gasteiger partial charge in [-0.25, -0.2) is 8.78 Å². The van der Waals surface area contributed by atoms with Gasteiger partial charge in [0.15, 0.2) is 0 Å². The van der Waals surface area contributed by atoms with Gasteiger partial charge in [0.25, 0.3) is 20.6 Å². The molecule has 28 heteroatoms. The summed E-state index contributed by atoms with van der Waals surface area (Å²) >= 11 is 0. The highest BCUT2D eigenvalue weighted by atomic mass is 28.4. The van der Waals surface area contributed by atoms with Crippen LogP contribution in [0.3, 0.4) is 0 Å². The number of benzene rings is 5. The van der Waals surface area contributed by atoms with E-state index in [0.29, 0.717) is 51.6 Å². The standard InChI is InChI=1S/C30H34F3N9Si.C9H8F3N3.C8H6F2N2.C8H20O4Si/c1-4-34-43(18-17-21-5-11-24(12-6-21)27(2)37-38-27,35-19-22-7-13-25(14-8-22)28(3)39-40-28)36-20-23-9-15-26(16-10-23)29(41-42-29)30(31,32)33;10-9(11,12)8(14-15-8)7-3-1-6(5-13)2-4-7;9-7(10)8(11-12-8)6-4-2-1-3-5-6;1-5-9-13(10-6-2,11-7-3)12-8-4/h5-16,34-36H,4,17-20H2,1-3H3;1-4H,5,13H2;1-5,7H;5-8H2,1-4H3. The SMILES string of the molecule is CCN[Si](CCc1ccc(C2(C)N=N2)cc1)(NCc1ccc(C2(C)N=N2)cc1)NCc1ccc(C2(C(F)(F)F)N=N2)cc1.CCO[Si](OCC)(OCC)OCC.FC(F)C1(c2ccccc2)N=N1.NCc1ccc(C2(C(F)(F)F)N=N2)cc1. The number of alkyl halides is 8. The van der Waals surface area contributed by atoms with E-state index in [1.807, 2.05) is 41.5 Å². The Morgan fingerprint density at radius 2 is 0.819 bits per heavy atom. The molecule has 5 aliphatic rings. The summed E-state index contributed by atoms with van der Waals surface area (Å²) in [5, 5.41) is 36.1. The summed E-state index contributed by atoms with van der Waals surface area (Å²) in [5.74, 6) is 0. The molecule has 446 valence electrons. The number of nitrogens with zero attached hydrogens (tertiary/aromatic N) is 10. The number of nitrogens with one attached hydrogen (secondary N) is 3. The summed E-state index contributed by atoms with van der Waals surface area (Å²) in [5.41, 5.74) is 4.91. The number of rotatable bonds is 26. The summed E-state index contributed by atoms with van der Waals surface area (Å²) in [6, 6.07) is 38.1. The monoisotopic (exact) mass is 1200 g/mol. The van der Waals surface area contributed by atoms with Crippen molar-refractivity contribution < 1.29 is 52.8 Å². The summed E-state index contributed by atoms with van der Waals surface area (Å²) in [6.07, 6.45) is -10.7. The Hall–Kier alpha value is -6.35. The second kappa shape index (κ2) is 26.7. The summed E-state index contributed by atoms with van der Waals surface area (Å²) < 4.78 is 124. The Kier molecular flexibility index (Phi) is 20.7. The quantitative estimate of drug-likeness (QED) is 0.0307. The fourth-order valence-corrected chi connectivity index (χ4v) is 13.6. The van der Waals surface area contributed by atoms with Crippen molar-refractivity contribution in [2.45, 2.75) is 128 Å². The van der Waals surface area contributed by atoms with E-state index in [0.717, 1.165) is 46.8 Å². The zero-order valence-corrected chi connectivity index (χ0v) is 49.0. The predicted molar refractivity (Wildman–Crippen MR) is 296 cm³/mol. The van der Waals surface area contributed by atoms with Crippen LogP contribution in [-0.4, -0.2) is 69.4 Å². The summed E-state index contributed by atoms with van der Waals surface area (Å²) in [6.45, 7) is 18.0. The highest BCUT2D eigenvalue weighted by Gasteiger charge is 2.66. The van der Waals surface area contributed by atoms with Gasteiger partial charge in [-0.1, -0.05) is 134 Å². The number of halogens is 8. The highest BCUT2D eigenvalue weighted by Crippen LogP contribution is 2.53. The van der Waals surface area contributed by atoms with Crippen LogP contribution in [0.1, 0.15) is 98.5 Å². The maximum atomic E-state index is 13.5. The van der Waals surface area contributed by atoms with Gasteiger partial charge in [0.1, 0.15) is 0 Å². The highest BCUT2D eigenvalue weighted by molar-refractivity contribution is 6.72. The third-order valence-electron chi connectivity index (χ3n) is 13.7.